The Morgan fingerprint density at radius 3 is 2.56 bits per heavy atom. The lowest BCUT2D eigenvalue weighted by Crippen LogP contribution is -1.92. The van der Waals surface area contributed by atoms with E-state index in [1.807, 2.05) is 0 Å². The monoisotopic (exact) mass is 247 g/mol. The number of fused-ring (bicyclic) bond motifs is 1. The van der Waals surface area contributed by atoms with Gasteiger partial charge in [0.05, 0.1) is 19.7 Å². The van der Waals surface area contributed by atoms with Gasteiger partial charge >= 0.3 is 0 Å². The molecule has 0 amide bonds. The number of hydrogen-bond donors (Lipinski definition) is 2. The summed E-state index contributed by atoms with van der Waals surface area (Å²) in [4.78, 5) is 13.4. The van der Waals surface area contributed by atoms with Crippen molar-refractivity contribution in [1.82, 2.24) is 4.98 Å². The first-order valence-electron chi connectivity index (χ1n) is 5.29. The van der Waals surface area contributed by atoms with E-state index in [0.29, 0.717) is 17.6 Å². The Morgan fingerprint density at radius 2 is 1.94 bits per heavy atom. The second-order valence-corrected chi connectivity index (χ2v) is 3.65. The molecule has 2 rings (SSSR count). The maximum Gasteiger partial charge on any atom is 0.205 e. The predicted octanol–water partition coefficient (Wildman–Crippen LogP) is 2.10. The number of phenolic OH excluding ortho intramolecular Hbond substituents is 1. The molecule has 5 nitrogen and oxygen atoms in total. The molecule has 0 aliphatic heterocycles. The van der Waals surface area contributed by atoms with Crippen LogP contribution in [-0.2, 0) is 4.79 Å². The third kappa shape index (κ3) is 1.90. The van der Waals surface area contributed by atoms with E-state index in [4.69, 9.17) is 9.47 Å². The van der Waals surface area contributed by atoms with Crippen LogP contribution in [0.15, 0.2) is 18.2 Å². The zero-order valence-corrected chi connectivity index (χ0v) is 10.1. The summed E-state index contributed by atoms with van der Waals surface area (Å²) in [6, 6.07) is 3.38. The topological polar surface area (TPSA) is 71.5 Å². The minimum atomic E-state index is 0.00627. The lowest BCUT2D eigenvalue weighted by atomic mass is 10.2. The molecule has 0 atom stereocenters. The van der Waals surface area contributed by atoms with E-state index in [1.165, 1.54) is 20.3 Å². The maximum absolute atomic E-state index is 10.3. The molecular formula is C13H13NO4. The minimum Gasteiger partial charge on any atom is -0.504 e. The molecule has 2 N–H and O–H groups in total. The van der Waals surface area contributed by atoms with Crippen molar-refractivity contribution in [2.45, 2.75) is 0 Å². The Bertz CT molecular complexity index is 613. The SMILES string of the molecule is COc1c(O)cc2cc(/C=C/C=O)[nH]c2c1OC. The number of benzene rings is 1. The number of methoxy groups -OCH3 is 2. The van der Waals surface area contributed by atoms with E-state index in [0.717, 1.165) is 11.1 Å². The van der Waals surface area contributed by atoms with Gasteiger partial charge < -0.3 is 19.6 Å². The quantitative estimate of drug-likeness (QED) is 0.641. The number of aldehydes is 1. The number of rotatable bonds is 4. The van der Waals surface area contributed by atoms with Crippen LogP contribution in [0.4, 0.5) is 0 Å². The van der Waals surface area contributed by atoms with Crippen molar-refractivity contribution in [3.8, 4) is 17.2 Å². The van der Waals surface area contributed by atoms with Gasteiger partial charge in [-0.25, -0.2) is 0 Å². The first-order chi connectivity index (χ1) is 8.71. The van der Waals surface area contributed by atoms with Crippen LogP contribution in [0.25, 0.3) is 17.0 Å². The number of aromatic amines is 1. The first kappa shape index (κ1) is 12.0. The number of carbonyl (C=O) groups is 1. The van der Waals surface area contributed by atoms with Crippen LogP contribution >= 0.6 is 0 Å². The fourth-order valence-corrected chi connectivity index (χ4v) is 1.86. The van der Waals surface area contributed by atoms with Gasteiger partial charge in [-0.1, -0.05) is 0 Å². The highest BCUT2D eigenvalue weighted by Gasteiger charge is 2.16. The van der Waals surface area contributed by atoms with Gasteiger partial charge in [0.25, 0.3) is 0 Å². The number of aromatic nitrogens is 1. The lowest BCUT2D eigenvalue weighted by Gasteiger charge is -2.09. The fourth-order valence-electron chi connectivity index (χ4n) is 1.86. The molecule has 18 heavy (non-hydrogen) atoms. The van der Waals surface area contributed by atoms with Crippen molar-refractivity contribution in [2.24, 2.45) is 0 Å². The van der Waals surface area contributed by atoms with Crippen LogP contribution in [0.1, 0.15) is 5.69 Å². The molecule has 94 valence electrons. The second kappa shape index (κ2) is 4.83. The maximum atomic E-state index is 10.3. The highest BCUT2D eigenvalue weighted by Crippen LogP contribution is 2.42. The molecule has 0 unspecified atom stereocenters. The Morgan fingerprint density at radius 1 is 1.22 bits per heavy atom. The third-order valence-electron chi connectivity index (χ3n) is 2.59. The van der Waals surface area contributed by atoms with Gasteiger partial charge in [0, 0.05) is 11.1 Å². The molecule has 0 bridgehead atoms. The predicted molar refractivity (Wildman–Crippen MR) is 68.2 cm³/mol. The zero-order valence-electron chi connectivity index (χ0n) is 10.1. The van der Waals surface area contributed by atoms with E-state index in [-0.39, 0.29) is 11.5 Å². The van der Waals surface area contributed by atoms with Crippen molar-refractivity contribution < 1.29 is 19.4 Å². The number of ether oxygens (including phenoxy) is 2. The van der Waals surface area contributed by atoms with Gasteiger partial charge in [0.1, 0.15) is 6.29 Å². The number of carbonyl (C=O) groups excluding carboxylic acids is 1. The first-order valence-corrected chi connectivity index (χ1v) is 5.29. The molecule has 5 heteroatoms. The van der Waals surface area contributed by atoms with E-state index in [1.54, 1.807) is 18.2 Å². The summed E-state index contributed by atoms with van der Waals surface area (Å²) < 4.78 is 10.3. The molecule has 0 fully saturated rings. The minimum absolute atomic E-state index is 0.00627. The molecular weight excluding hydrogens is 234 g/mol. The highest BCUT2D eigenvalue weighted by molar-refractivity contribution is 5.92. The fraction of sp³-hybridized carbons (Fsp3) is 0.154. The molecule has 0 saturated carbocycles. The van der Waals surface area contributed by atoms with Gasteiger partial charge in [-0.15, -0.1) is 0 Å². The largest absolute Gasteiger partial charge is 0.504 e. The average molecular weight is 247 g/mol. The smallest absolute Gasteiger partial charge is 0.205 e. The van der Waals surface area contributed by atoms with E-state index in [9.17, 15) is 9.90 Å². The number of phenols is 1. The van der Waals surface area contributed by atoms with Gasteiger partial charge in [0.2, 0.25) is 5.75 Å². The molecule has 0 aliphatic rings. The van der Waals surface area contributed by atoms with Crippen LogP contribution in [0.3, 0.4) is 0 Å². The standard InChI is InChI=1S/C13H13NO4/c1-17-12-10(16)7-8-6-9(4-3-5-15)14-11(8)13(12)18-2/h3-7,14,16H,1-2H3/b4-3+. The van der Waals surface area contributed by atoms with Crippen molar-refractivity contribution in [1.29, 1.82) is 0 Å². The summed E-state index contributed by atoms with van der Waals surface area (Å²) >= 11 is 0. The summed E-state index contributed by atoms with van der Waals surface area (Å²) in [5.74, 6) is 0.711. The molecule has 0 radical (unpaired) electrons. The number of aromatic hydroxyl groups is 1. The number of allylic oxidation sites excluding steroid dienone is 1. The van der Waals surface area contributed by atoms with Crippen LogP contribution in [-0.4, -0.2) is 30.6 Å². The summed E-state index contributed by atoms with van der Waals surface area (Å²) in [7, 11) is 2.96. The summed E-state index contributed by atoms with van der Waals surface area (Å²) in [6.45, 7) is 0. The van der Waals surface area contributed by atoms with Gasteiger partial charge in [0.15, 0.2) is 11.5 Å². The van der Waals surface area contributed by atoms with Crippen molar-refractivity contribution in [3.63, 3.8) is 0 Å². The van der Waals surface area contributed by atoms with E-state index in [2.05, 4.69) is 4.98 Å². The summed E-state index contributed by atoms with van der Waals surface area (Å²) in [5, 5.41) is 10.6. The second-order valence-electron chi connectivity index (χ2n) is 3.65. The van der Waals surface area contributed by atoms with Crippen molar-refractivity contribution >= 4 is 23.3 Å². The lowest BCUT2D eigenvalue weighted by molar-refractivity contribution is -0.104. The van der Waals surface area contributed by atoms with Gasteiger partial charge in [-0.05, 0) is 24.3 Å². The van der Waals surface area contributed by atoms with E-state index < -0.39 is 0 Å². The van der Waals surface area contributed by atoms with Crippen LogP contribution in [0.5, 0.6) is 17.2 Å². The number of hydrogen-bond acceptors (Lipinski definition) is 4. The van der Waals surface area contributed by atoms with Crippen LogP contribution in [0, 0.1) is 0 Å². The number of H-pyrrole nitrogens is 1. The molecule has 1 heterocycles. The highest BCUT2D eigenvalue weighted by atomic mass is 16.5. The Kier molecular flexibility index (Phi) is 3.23. The van der Waals surface area contributed by atoms with Gasteiger partial charge in [-0.3, -0.25) is 4.79 Å². The molecule has 1 aromatic carbocycles. The average Bonchev–Trinajstić information content (AvgIpc) is 2.76. The van der Waals surface area contributed by atoms with Crippen molar-refractivity contribution in [2.75, 3.05) is 14.2 Å². The molecule has 0 spiro atoms. The third-order valence-corrected chi connectivity index (χ3v) is 2.59. The Hall–Kier alpha value is -2.43. The molecule has 2 aromatic rings. The number of nitrogens with one attached hydrogen (secondary N) is 1. The summed E-state index contributed by atoms with van der Waals surface area (Å²) in [5.41, 5.74) is 1.45. The van der Waals surface area contributed by atoms with E-state index >= 15 is 0 Å². The van der Waals surface area contributed by atoms with Crippen molar-refractivity contribution in [3.05, 3.63) is 23.9 Å². The zero-order chi connectivity index (χ0) is 13.1. The van der Waals surface area contributed by atoms with Crippen LogP contribution in [0.2, 0.25) is 0 Å². The Balaban J connectivity index is 2.68. The molecule has 0 saturated heterocycles. The normalized spacial score (nSPS) is 11.0. The molecule has 0 aliphatic carbocycles. The summed E-state index contributed by atoms with van der Waals surface area (Å²) in [6.07, 6.45) is 3.71. The molecule has 1 aromatic heterocycles. The van der Waals surface area contributed by atoms with Crippen LogP contribution < -0.4 is 9.47 Å². The van der Waals surface area contributed by atoms with Gasteiger partial charge in [-0.2, -0.15) is 0 Å². The Labute approximate surface area is 104 Å².